The van der Waals surface area contributed by atoms with E-state index in [4.69, 9.17) is 28.5 Å². The van der Waals surface area contributed by atoms with Crippen LogP contribution in [0.3, 0.4) is 0 Å². The molecule has 1 N–H and O–H groups in total. The highest BCUT2D eigenvalue weighted by atomic mass is 16.7. The predicted octanol–water partition coefficient (Wildman–Crippen LogP) is 2.67. The van der Waals surface area contributed by atoms with E-state index < -0.39 is 60.0 Å². The van der Waals surface area contributed by atoms with E-state index in [0.29, 0.717) is 12.4 Å². The Bertz CT molecular complexity index is 1160. The molecule has 1 saturated heterocycles. The molecule has 0 radical (unpaired) electrons. The molecule has 0 bridgehead atoms. The molecule has 1 fully saturated rings. The third kappa shape index (κ3) is 7.11. The van der Waals surface area contributed by atoms with Crippen molar-refractivity contribution in [2.75, 3.05) is 18.1 Å². The van der Waals surface area contributed by atoms with E-state index in [-0.39, 0.29) is 6.61 Å². The van der Waals surface area contributed by atoms with Crippen molar-refractivity contribution in [1.29, 1.82) is 0 Å². The Morgan fingerprint density at radius 1 is 0.975 bits per heavy atom. The number of anilines is 1. The molecule has 5 atom stereocenters. The number of carbonyl (C=O) groups excluding carboxylic acids is 4. The van der Waals surface area contributed by atoms with Crippen LogP contribution in [0.4, 0.5) is 5.69 Å². The lowest BCUT2D eigenvalue weighted by atomic mass is 9.86. The van der Waals surface area contributed by atoms with Gasteiger partial charge in [-0.05, 0) is 51.5 Å². The third-order valence-electron chi connectivity index (χ3n) is 6.41. The quantitative estimate of drug-likeness (QED) is 0.270. The summed E-state index contributed by atoms with van der Waals surface area (Å²) in [6.45, 7) is 12.9. The van der Waals surface area contributed by atoms with Gasteiger partial charge < -0.3 is 28.6 Å². The van der Waals surface area contributed by atoms with Crippen molar-refractivity contribution >= 4 is 35.1 Å². The van der Waals surface area contributed by atoms with Gasteiger partial charge in [0.15, 0.2) is 24.5 Å². The Hall–Kier alpha value is -3.64. The van der Waals surface area contributed by atoms with E-state index in [0.717, 1.165) is 16.8 Å². The zero-order chi connectivity index (χ0) is 29.8. The molecule has 0 aliphatic carbocycles. The normalized spacial score (nSPS) is 25.1. The van der Waals surface area contributed by atoms with Crippen LogP contribution < -0.4 is 15.1 Å². The maximum absolute atomic E-state index is 12.3. The van der Waals surface area contributed by atoms with Crippen LogP contribution in [0.1, 0.15) is 61.0 Å². The number of nitrogens with zero attached hydrogens (tertiary/aromatic N) is 1. The summed E-state index contributed by atoms with van der Waals surface area (Å²) in [5.41, 5.74) is 4.25. The van der Waals surface area contributed by atoms with Crippen LogP contribution in [0.2, 0.25) is 0 Å². The minimum Gasteiger partial charge on any atom is -0.494 e. The summed E-state index contributed by atoms with van der Waals surface area (Å²) in [5.74, 6) is -1.76. The molecule has 1 aromatic rings. The lowest BCUT2D eigenvalue weighted by Gasteiger charge is -2.53. The van der Waals surface area contributed by atoms with Gasteiger partial charge in [-0.1, -0.05) is 6.08 Å². The van der Waals surface area contributed by atoms with E-state index in [1.54, 1.807) is 0 Å². The molecule has 12 nitrogen and oxygen atoms in total. The highest BCUT2D eigenvalue weighted by molar-refractivity contribution is 5.82. The highest BCUT2D eigenvalue weighted by Crippen LogP contribution is 2.44. The van der Waals surface area contributed by atoms with Gasteiger partial charge in [-0.15, -0.1) is 0 Å². The van der Waals surface area contributed by atoms with Crippen molar-refractivity contribution in [1.82, 2.24) is 5.48 Å². The minimum atomic E-state index is -1.25. The summed E-state index contributed by atoms with van der Waals surface area (Å²) in [6, 6.07) is 5.64. The molecular weight excluding hydrogens is 524 g/mol. The zero-order valence-corrected chi connectivity index (χ0v) is 24.1. The largest absolute Gasteiger partial charge is 0.494 e. The lowest BCUT2D eigenvalue weighted by molar-refractivity contribution is -0.266. The van der Waals surface area contributed by atoms with Gasteiger partial charge in [-0.3, -0.25) is 24.0 Å². The molecule has 0 saturated carbocycles. The Morgan fingerprint density at radius 3 is 2.20 bits per heavy atom. The van der Waals surface area contributed by atoms with Crippen molar-refractivity contribution in [3.63, 3.8) is 0 Å². The highest BCUT2D eigenvalue weighted by Gasteiger charge is 2.55. The van der Waals surface area contributed by atoms with Crippen molar-refractivity contribution in [3.05, 3.63) is 29.8 Å². The number of ether oxygens (including phenoxy) is 5. The summed E-state index contributed by atoms with van der Waals surface area (Å²) in [4.78, 5) is 55.8. The van der Waals surface area contributed by atoms with Gasteiger partial charge in [0, 0.05) is 38.9 Å². The van der Waals surface area contributed by atoms with E-state index in [1.807, 2.05) is 56.9 Å². The number of hydrogen-bond acceptors (Lipinski definition) is 11. The first-order valence-electron chi connectivity index (χ1n) is 13.1. The number of amides is 1. The lowest BCUT2D eigenvalue weighted by Crippen LogP contribution is -2.69. The van der Waals surface area contributed by atoms with E-state index in [9.17, 15) is 19.2 Å². The van der Waals surface area contributed by atoms with Crippen LogP contribution in [0.25, 0.3) is 5.57 Å². The first kappa shape index (κ1) is 30.9. The SMILES string of the molecule is CCOc1ccc2c(c1)C(C)=CC(C)(C)N2C1O[C@H](COC(C)=O)[C@@H](OC(C)=O)[C@H](OC(C)=O)[C@H]1ONC(C)=O. The van der Waals surface area contributed by atoms with Crippen LogP contribution in [0, 0.1) is 0 Å². The molecule has 220 valence electrons. The molecule has 3 rings (SSSR count). The van der Waals surface area contributed by atoms with Crippen molar-refractivity contribution in [2.45, 2.75) is 91.6 Å². The maximum Gasteiger partial charge on any atom is 0.303 e. The van der Waals surface area contributed by atoms with E-state index in [2.05, 4.69) is 5.48 Å². The Morgan fingerprint density at radius 2 is 1.62 bits per heavy atom. The van der Waals surface area contributed by atoms with Gasteiger partial charge in [0.25, 0.3) is 0 Å². The fourth-order valence-electron chi connectivity index (χ4n) is 5.12. The van der Waals surface area contributed by atoms with E-state index >= 15 is 0 Å². The van der Waals surface area contributed by atoms with Crippen LogP contribution >= 0.6 is 0 Å². The standard InChI is InChI=1S/C28H38N2O10/c1-9-35-20-10-11-22-21(12-20)15(2)13-28(7,8)30(22)27-26(40-29-16(3)31)25(38-19(6)34)24(37-18(5)33)23(39-27)14-36-17(4)32/h10-13,23-27H,9,14H2,1-8H3,(H,29,31)/t23-,24-,25+,26-,27?/m1/s1. The first-order valence-corrected chi connectivity index (χ1v) is 13.1. The van der Waals surface area contributed by atoms with Crippen molar-refractivity contribution < 1.29 is 47.7 Å². The Balaban J connectivity index is 2.20. The fourth-order valence-corrected chi connectivity index (χ4v) is 5.12. The number of nitrogens with one attached hydrogen (secondary N) is 1. The van der Waals surface area contributed by atoms with Gasteiger partial charge in [-0.25, -0.2) is 5.48 Å². The number of carbonyl (C=O) groups is 4. The smallest absolute Gasteiger partial charge is 0.303 e. The summed E-state index contributed by atoms with van der Waals surface area (Å²) in [7, 11) is 0. The number of fused-ring (bicyclic) bond motifs is 1. The Labute approximate surface area is 233 Å². The molecule has 0 aromatic heterocycles. The minimum absolute atomic E-state index is 0.298. The molecule has 12 heteroatoms. The zero-order valence-electron chi connectivity index (χ0n) is 24.1. The van der Waals surface area contributed by atoms with Crippen LogP contribution in [-0.2, 0) is 43.0 Å². The summed E-state index contributed by atoms with van der Waals surface area (Å²) in [5, 5.41) is 0. The van der Waals surface area contributed by atoms with Gasteiger partial charge in [0.05, 0.1) is 12.1 Å². The number of rotatable bonds is 9. The third-order valence-corrected chi connectivity index (χ3v) is 6.41. The van der Waals surface area contributed by atoms with Gasteiger partial charge >= 0.3 is 17.9 Å². The average molecular weight is 563 g/mol. The number of benzene rings is 1. The van der Waals surface area contributed by atoms with Crippen LogP contribution in [-0.4, -0.2) is 73.2 Å². The molecule has 2 heterocycles. The summed E-state index contributed by atoms with van der Waals surface area (Å²) < 4.78 is 28.6. The van der Waals surface area contributed by atoms with Crippen LogP contribution in [0.15, 0.2) is 24.3 Å². The molecule has 2 aliphatic heterocycles. The monoisotopic (exact) mass is 562 g/mol. The van der Waals surface area contributed by atoms with Gasteiger partial charge in [0.2, 0.25) is 5.91 Å². The summed E-state index contributed by atoms with van der Waals surface area (Å²) in [6.07, 6.45) is -3.68. The molecule has 1 unspecified atom stereocenters. The summed E-state index contributed by atoms with van der Waals surface area (Å²) >= 11 is 0. The van der Waals surface area contributed by atoms with Gasteiger partial charge in [-0.2, -0.15) is 0 Å². The molecular formula is C28H38N2O10. The second-order valence-corrected chi connectivity index (χ2v) is 10.2. The fraction of sp³-hybridized carbons (Fsp3) is 0.571. The topological polar surface area (TPSA) is 139 Å². The number of esters is 3. The van der Waals surface area contributed by atoms with E-state index in [1.165, 1.54) is 27.7 Å². The van der Waals surface area contributed by atoms with Crippen molar-refractivity contribution in [2.24, 2.45) is 0 Å². The molecule has 40 heavy (non-hydrogen) atoms. The number of hydroxylamine groups is 1. The predicted molar refractivity (Wildman–Crippen MR) is 143 cm³/mol. The maximum atomic E-state index is 12.3. The first-order chi connectivity index (χ1) is 18.7. The molecule has 1 aromatic carbocycles. The second kappa shape index (κ2) is 12.7. The number of hydrogen-bond donors (Lipinski definition) is 1. The van der Waals surface area contributed by atoms with Crippen LogP contribution in [0.5, 0.6) is 5.75 Å². The molecule has 1 amide bonds. The average Bonchev–Trinajstić information content (AvgIpc) is 2.83. The number of allylic oxidation sites excluding steroid dienone is 1. The van der Waals surface area contributed by atoms with Crippen molar-refractivity contribution in [3.8, 4) is 5.75 Å². The second-order valence-electron chi connectivity index (χ2n) is 10.2. The molecule has 2 aliphatic rings. The van der Waals surface area contributed by atoms with Gasteiger partial charge in [0.1, 0.15) is 18.5 Å². The molecule has 0 spiro atoms. The Kier molecular flexibility index (Phi) is 9.80.